The molecule has 0 aromatic heterocycles. The van der Waals surface area contributed by atoms with Crippen molar-refractivity contribution in [3.05, 3.63) is 23.8 Å². The summed E-state index contributed by atoms with van der Waals surface area (Å²) in [6.45, 7) is 3.96. The van der Waals surface area contributed by atoms with Crippen molar-refractivity contribution < 1.29 is 9.53 Å². The highest BCUT2D eigenvalue weighted by molar-refractivity contribution is 5.92. The van der Waals surface area contributed by atoms with E-state index in [1.54, 1.807) is 7.11 Å². The van der Waals surface area contributed by atoms with Crippen LogP contribution in [0.2, 0.25) is 0 Å². The van der Waals surface area contributed by atoms with E-state index in [0.717, 1.165) is 17.7 Å². The molecule has 0 bridgehead atoms. The van der Waals surface area contributed by atoms with E-state index in [2.05, 4.69) is 5.32 Å². The summed E-state index contributed by atoms with van der Waals surface area (Å²) in [5, 5.41) is 2.83. The molecule has 15 heavy (non-hydrogen) atoms. The topological polar surface area (TPSA) is 38.3 Å². The third-order valence-electron chi connectivity index (χ3n) is 2.11. The first kappa shape index (κ1) is 11.6. The van der Waals surface area contributed by atoms with Crippen molar-refractivity contribution in [2.75, 3.05) is 12.4 Å². The third kappa shape index (κ3) is 3.27. The zero-order valence-corrected chi connectivity index (χ0v) is 9.46. The van der Waals surface area contributed by atoms with Gasteiger partial charge in [0.2, 0.25) is 5.91 Å². The molecule has 0 saturated heterocycles. The summed E-state index contributed by atoms with van der Waals surface area (Å²) in [7, 11) is 1.60. The van der Waals surface area contributed by atoms with Gasteiger partial charge in [-0.2, -0.15) is 0 Å². The largest absolute Gasteiger partial charge is 0.495 e. The number of ether oxygens (including phenoxy) is 1. The Balaban J connectivity index is 2.80. The van der Waals surface area contributed by atoms with Crippen LogP contribution in [-0.4, -0.2) is 13.0 Å². The van der Waals surface area contributed by atoms with E-state index in [4.69, 9.17) is 4.74 Å². The van der Waals surface area contributed by atoms with E-state index in [9.17, 15) is 4.79 Å². The van der Waals surface area contributed by atoms with Crippen LogP contribution in [0.25, 0.3) is 0 Å². The normalized spacial score (nSPS) is 9.80. The summed E-state index contributed by atoms with van der Waals surface area (Å²) in [5.41, 5.74) is 1.85. The van der Waals surface area contributed by atoms with E-state index in [1.165, 1.54) is 0 Å². The van der Waals surface area contributed by atoms with E-state index in [1.807, 2.05) is 32.0 Å². The van der Waals surface area contributed by atoms with Crippen LogP contribution < -0.4 is 10.1 Å². The van der Waals surface area contributed by atoms with Gasteiger partial charge in [0.15, 0.2) is 0 Å². The summed E-state index contributed by atoms with van der Waals surface area (Å²) in [6, 6.07) is 5.72. The summed E-state index contributed by atoms with van der Waals surface area (Å²) < 4.78 is 5.19. The average molecular weight is 207 g/mol. The maximum atomic E-state index is 11.4. The Morgan fingerprint density at radius 3 is 2.80 bits per heavy atom. The van der Waals surface area contributed by atoms with Crippen molar-refractivity contribution in [1.29, 1.82) is 0 Å². The molecule has 1 amide bonds. The number of hydrogen-bond acceptors (Lipinski definition) is 2. The summed E-state index contributed by atoms with van der Waals surface area (Å²) in [4.78, 5) is 11.4. The molecule has 1 N–H and O–H groups in total. The van der Waals surface area contributed by atoms with E-state index in [0.29, 0.717) is 12.2 Å². The highest BCUT2D eigenvalue weighted by atomic mass is 16.5. The number of carbonyl (C=O) groups excluding carboxylic acids is 1. The van der Waals surface area contributed by atoms with E-state index in [-0.39, 0.29) is 5.91 Å². The molecule has 0 unspecified atom stereocenters. The number of anilines is 1. The fraction of sp³-hybridized carbons (Fsp3) is 0.417. The first-order valence-electron chi connectivity index (χ1n) is 5.12. The first-order chi connectivity index (χ1) is 7.17. The Hall–Kier alpha value is -1.51. The summed E-state index contributed by atoms with van der Waals surface area (Å²) >= 11 is 0. The van der Waals surface area contributed by atoms with Crippen LogP contribution in [0.5, 0.6) is 5.75 Å². The fourth-order valence-corrected chi connectivity index (χ4v) is 1.34. The number of aryl methyl sites for hydroxylation is 1. The molecule has 3 nitrogen and oxygen atoms in total. The number of methoxy groups -OCH3 is 1. The number of hydrogen-bond donors (Lipinski definition) is 1. The second-order valence-corrected chi connectivity index (χ2v) is 3.50. The van der Waals surface area contributed by atoms with Crippen molar-refractivity contribution in [1.82, 2.24) is 0 Å². The van der Waals surface area contributed by atoms with Gasteiger partial charge < -0.3 is 10.1 Å². The van der Waals surface area contributed by atoms with Crippen molar-refractivity contribution in [3.8, 4) is 5.75 Å². The minimum atomic E-state index is 0.0275. The SMILES string of the molecule is CCCC(=O)Nc1ccc(C)cc1OC. The van der Waals surface area contributed by atoms with Crippen LogP contribution in [0, 0.1) is 6.92 Å². The number of benzene rings is 1. The molecule has 82 valence electrons. The number of carbonyl (C=O) groups is 1. The zero-order chi connectivity index (χ0) is 11.3. The summed E-state index contributed by atoms with van der Waals surface area (Å²) in [5.74, 6) is 0.735. The molecule has 0 fully saturated rings. The highest BCUT2D eigenvalue weighted by Crippen LogP contribution is 2.25. The molecular formula is C12H17NO2. The molecule has 0 saturated carbocycles. The van der Waals surface area contributed by atoms with Crippen LogP contribution in [0.1, 0.15) is 25.3 Å². The lowest BCUT2D eigenvalue weighted by Crippen LogP contribution is -2.11. The van der Waals surface area contributed by atoms with Gasteiger partial charge in [0, 0.05) is 6.42 Å². The molecule has 0 spiro atoms. The lowest BCUT2D eigenvalue weighted by atomic mass is 10.2. The first-order valence-corrected chi connectivity index (χ1v) is 5.12. The van der Waals surface area contributed by atoms with Crippen molar-refractivity contribution in [3.63, 3.8) is 0 Å². The second kappa shape index (κ2) is 5.39. The van der Waals surface area contributed by atoms with Gasteiger partial charge in [0.1, 0.15) is 5.75 Å². The van der Waals surface area contributed by atoms with E-state index >= 15 is 0 Å². The number of amides is 1. The van der Waals surface area contributed by atoms with Gasteiger partial charge in [0.05, 0.1) is 12.8 Å². The Morgan fingerprint density at radius 2 is 2.20 bits per heavy atom. The molecule has 0 aliphatic heterocycles. The monoisotopic (exact) mass is 207 g/mol. The van der Waals surface area contributed by atoms with Gasteiger partial charge in [-0.1, -0.05) is 13.0 Å². The molecule has 0 aliphatic carbocycles. The van der Waals surface area contributed by atoms with Crippen LogP contribution in [0.4, 0.5) is 5.69 Å². The predicted molar refractivity (Wildman–Crippen MR) is 61.3 cm³/mol. The van der Waals surface area contributed by atoms with Crippen molar-refractivity contribution in [2.45, 2.75) is 26.7 Å². The van der Waals surface area contributed by atoms with Crippen LogP contribution in [-0.2, 0) is 4.79 Å². The molecule has 0 aliphatic rings. The number of rotatable bonds is 4. The summed E-state index contributed by atoms with van der Waals surface area (Å²) in [6.07, 6.45) is 1.39. The highest BCUT2D eigenvalue weighted by Gasteiger charge is 2.06. The molecule has 1 aromatic carbocycles. The standard InChI is InChI=1S/C12H17NO2/c1-4-5-12(14)13-10-7-6-9(2)8-11(10)15-3/h6-8H,4-5H2,1-3H3,(H,13,14). The van der Waals surface area contributed by atoms with Crippen molar-refractivity contribution in [2.24, 2.45) is 0 Å². The van der Waals surface area contributed by atoms with Crippen molar-refractivity contribution >= 4 is 11.6 Å². The predicted octanol–water partition coefficient (Wildman–Crippen LogP) is 2.74. The van der Waals surface area contributed by atoms with Gasteiger partial charge in [-0.15, -0.1) is 0 Å². The van der Waals surface area contributed by atoms with Gasteiger partial charge in [0.25, 0.3) is 0 Å². The zero-order valence-electron chi connectivity index (χ0n) is 9.46. The van der Waals surface area contributed by atoms with Crippen LogP contribution >= 0.6 is 0 Å². The van der Waals surface area contributed by atoms with Crippen LogP contribution in [0.3, 0.4) is 0 Å². The molecule has 0 heterocycles. The van der Waals surface area contributed by atoms with E-state index < -0.39 is 0 Å². The average Bonchev–Trinajstić information content (AvgIpc) is 2.21. The minimum Gasteiger partial charge on any atom is -0.495 e. The number of nitrogens with one attached hydrogen (secondary N) is 1. The van der Waals surface area contributed by atoms with Gasteiger partial charge in [-0.3, -0.25) is 4.79 Å². The lowest BCUT2D eigenvalue weighted by molar-refractivity contribution is -0.116. The Bertz CT molecular complexity index is 347. The molecule has 1 aromatic rings. The lowest BCUT2D eigenvalue weighted by Gasteiger charge is -2.10. The Kier molecular flexibility index (Phi) is 4.16. The molecule has 1 rings (SSSR count). The third-order valence-corrected chi connectivity index (χ3v) is 2.11. The molecular weight excluding hydrogens is 190 g/mol. The van der Waals surface area contributed by atoms with Gasteiger partial charge in [-0.05, 0) is 31.0 Å². The fourth-order valence-electron chi connectivity index (χ4n) is 1.34. The van der Waals surface area contributed by atoms with Crippen LogP contribution in [0.15, 0.2) is 18.2 Å². The smallest absolute Gasteiger partial charge is 0.224 e. The maximum absolute atomic E-state index is 11.4. The molecule has 0 atom stereocenters. The van der Waals surface area contributed by atoms with Gasteiger partial charge in [-0.25, -0.2) is 0 Å². The molecule has 0 radical (unpaired) electrons. The van der Waals surface area contributed by atoms with Gasteiger partial charge >= 0.3 is 0 Å². The maximum Gasteiger partial charge on any atom is 0.224 e. The minimum absolute atomic E-state index is 0.0275. The second-order valence-electron chi connectivity index (χ2n) is 3.50. The Labute approximate surface area is 90.4 Å². The Morgan fingerprint density at radius 1 is 1.47 bits per heavy atom. The molecule has 3 heteroatoms. The quantitative estimate of drug-likeness (QED) is 0.824.